The van der Waals surface area contributed by atoms with Gasteiger partial charge in [-0.25, -0.2) is 0 Å². The number of carboxylic acid groups (broad SMARTS) is 1. The second-order valence-electron chi connectivity index (χ2n) is 5.45. The summed E-state index contributed by atoms with van der Waals surface area (Å²) in [5.74, 6) is -1.33. The maximum Gasteiger partial charge on any atom is 0.313 e. The van der Waals surface area contributed by atoms with E-state index in [2.05, 4.69) is 0 Å². The van der Waals surface area contributed by atoms with Crippen molar-refractivity contribution in [2.45, 2.75) is 44.1 Å². The van der Waals surface area contributed by atoms with E-state index in [1.54, 1.807) is 24.3 Å². The smallest absolute Gasteiger partial charge is 0.313 e. The summed E-state index contributed by atoms with van der Waals surface area (Å²) in [5, 5.41) is 20.1. The third kappa shape index (κ3) is 3.12. The number of methoxy groups -OCH3 is 1. The maximum atomic E-state index is 11.6. The Kier molecular flexibility index (Phi) is 5.01. The standard InChI is InChI=1S/C16H22O4/c1-20-13-10-6-5-9-12(13)14(16(18)19)15(17)11-7-3-2-4-8-11/h5-6,9-11,14-15,17H,2-4,7-8H2,1H3,(H,18,19). The predicted molar refractivity (Wildman–Crippen MR) is 76.0 cm³/mol. The number of hydrogen-bond acceptors (Lipinski definition) is 3. The first-order chi connectivity index (χ1) is 9.65. The van der Waals surface area contributed by atoms with Gasteiger partial charge < -0.3 is 14.9 Å². The second-order valence-corrected chi connectivity index (χ2v) is 5.45. The number of carboxylic acids is 1. The molecule has 110 valence electrons. The van der Waals surface area contributed by atoms with Gasteiger partial charge in [-0.1, -0.05) is 37.5 Å². The third-order valence-corrected chi connectivity index (χ3v) is 4.21. The van der Waals surface area contributed by atoms with E-state index in [4.69, 9.17) is 4.74 Å². The number of benzene rings is 1. The molecule has 2 atom stereocenters. The van der Waals surface area contributed by atoms with Crippen LogP contribution < -0.4 is 4.74 Å². The van der Waals surface area contributed by atoms with Gasteiger partial charge in [0, 0.05) is 5.56 Å². The molecule has 0 bridgehead atoms. The molecule has 1 aliphatic carbocycles. The molecule has 20 heavy (non-hydrogen) atoms. The second kappa shape index (κ2) is 6.75. The topological polar surface area (TPSA) is 66.8 Å². The average Bonchev–Trinajstić information content (AvgIpc) is 2.48. The number of aliphatic hydroxyl groups excluding tert-OH is 1. The molecule has 1 aromatic carbocycles. The average molecular weight is 278 g/mol. The highest BCUT2D eigenvalue weighted by Crippen LogP contribution is 2.36. The Morgan fingerprint density at radius 1 is 1.25 bits per heavy atom. The lowest BCUT2D eigenvalue weighted by atomic mass is 9.78. The molecule has 1 saturated carbocycles. The fraction of sp³-hybridized carbons (Fsp3) is 0.562. The van der Waals surface area contributed by atoms with E-state index < -0.39 is 18.0 Å². The van der Waals surface area contributed by atoms with Gasteiger partial charge in [-0.05, 0) is 24.8 Å². The van der Waals surface area contributed by atoms with Crippen molar-refractivity contribution in [1.82, 2.24) is 0 Å². The van der Waals surface area contributed by atoms with Crippen LogP contribution in [0.1, 0.15) is 43.6 Å². The molecular weight excluding hydrogens is 256 g/mol. The van der Waals surface area contributed by atoms with Crippen LogP contribution in [-0.4, -0.2) is 29.4 Å². The first-order valence-electron chi connectivity index (χ1n) is 7.19. The molecular formula is C16H22O4. The Morgan fingerprint density at radius 3 is 2.50 bits per heavy atom. The molecule has 1 fully saturated rings. The summed E-state index contributed by atoms with van der Waals surface area (Å²) in [4.78, 5) is 11.6. The van der Waals surface area contributed by atoms with E-state index in [9.17, 15) is 15.0 Å². The number of para-hydroxylation sites is 1. The van der Waals surface area contributed by atoms with Crippen molar-refractivity contribution < 1.29 is 19.7 Å². The first-order valence-corrected chi connectivity index (χ1v) is 7.19. The molecule has 1 aromatic rings. The number of carbonyl (C=O) groups is 1. The van der Waals surface area contributed by atoms with Crippen molar-refractivity contribution in [2.75, 3.05) is 7.11 Å². The number of hydrogen-bond donors (Lipinski definition) is 2. The SMILES string of the molecule is COc1ccccc1C(C(=O)O)C(O)C1CCCCC1. The molecule has 2 N–H and O–H groups in total. The van der Waals surface area contributed by atoms with Gasteiger partial charge in [-0.2, -0.15) is 0 Å². The highest BCUT2D eigenvalue weighted by molar-refractivity contribution is 5.78. The normalized spacial score (nSPS) is 19.3. The van der Waals surface area contributed by atoms with Gasteiger partial charge in [0.2, 0.25) is 0 Å². The van der Waals surface area contributed by atoms with Crippen molar-refractivity contribution in [3.63, 3.8) is 0 Å². The fourth-order valence-electron chi connectivity index (χ4n) is 3.13. The number of rotatable bonds is 5. The van der Waals surface area contributed by atoms with Gasteiger partial charge in [-0.15, -0.1) is 0 Å². The highest BCUT2D eigenvalue weighted by Gasteiger charge is 2.36. The molecule has 0 spiro atoms. The molecule has 0 saturated heterocycles. The van der Waals surface area contributed by atoms with Crippen LogP contribution in [0.25, 0.3) is 0 Å². The molecule has 0 aromatic heterocycles. The lowest BCUT2D eigenvalue weighted by molar-refractivity contribution is -0.143. The van der Waals surface area contributed by atoms with Crippen molar-refractivity contribution >= 4 is 5.97 Å². The first kappa shape index (κ1) is 14.9. The summed E-state index contributed by atoms with van der Waals surface area (Å²) in [5.41, 5.74) is 0.556. The minimum Gasteiger partial charge on any atom is -0.496 e. The lowest BCUT2D eigenvalue weighted by Gasteiger charge is -2.31. The van der Waals surface area contributed by atoms with Gasteiger partial charge >= 0.3 is 5.97 Å². The number of aliphatic hydroxyl groups is 1. The zero-order valence-corrected chi connectivity index (χ0v) is 11.8. The van der Waals surface area contributed by atoms with Gasteiger partial charge in [0.15, 0.2) is 0 Å². The van der Waals surface area contributed by atoms with E-state index in [0.29, 0.717) is 11.3 Å². The fourth-order valence-corrected chi connectivity index (χ4v) is 3.13. The minimum absolute atomic E-state index is 0.0646. The Hall–Kier alpha value is -1.55. The van der Waals surface area contributed by atoms with Crippen molar-refractivity contribution in [2.24, 2.45) is 5.92 Å². The van der Waals surface area contributed by atoms with Gasteiger partial charge in [0.05, 0.1) is 13.2 Å². The summed E-state index contributed by atoms with van der Waals surface area (Å²) in [7, 11) is 1.52. The maximum absolute atomic E-state index is 11.6. The molecule has 4 heteroatoms. The van der Waals surface area contributed by atoms with Crippen LogP contribution in [-0.2, 0) is 4.79 Å². The van der Waals surface area contributed by atoms with E-state index in [1.165, 1.54) is 13.5 Å². The molecule has 4 nitrogen and oxygen atoms in total. The van der Waals surface area contributed by atoms with Gasteiger partial charge in [0.25, 0.3) is 0 Å². The van der Waals surface area contributed by atoms with E-state index in [0.717, 1.165) is 25.7 Å². The molecule has 1 aliphatic rings. The Bertz CT molecular complexity index is 452. The van der Waals surface area contributed by atoms with Crippen LogP contribution in [0.3, 0.4) is 0 Å². The number of aliphatic carboxylic acids is 1. The van der Waals surface area contributed by atoms with E-state index >= 15 is 0 Å². The monoisotopic (exact) mass is 278 g/mol. The van der Waals surface area contributed by atoms with Crippen LogP contribution in [0.2, 0.25) is 0 Å². The Labute approximate surface area is 119 Å². The van der Waals surface area contributed by atoms with Gasteiger partial charge in [0.1, 0.15) is 11.7 Å². The van der Waals surface area contributed by atoms with Crippen molar-refractivity contribution in [3.05, 3.63) is 29.8 Å². The highest BCUT2D eigenvalue weighted by atomic mass is 16.5. The summed E-state index contributed by atoms with van der Waals surface area (Å²) in [6, 6.07) is 7.04. The van der Waals surface area contributed by atoms with Crippen LogP contribution in [0.5, 0.6) is 5.75 Å². The minimum atomic E-state index is -0.993. The lowest BCUT2D eigenvalue weighted by Crippen LogP contribution is -2.34. The van der Waals surface area contributed by atoms with Crippen molar-refractivity contribution in [3.8, 4) is 5.75 Å². The van der Waals surface area contributed by atoms with Crippen LogP contribution in [0.15, 0.2) is 24.3 Å². The van der Waals surface area contributed by atoms with Crippen molar-refractivity contribution in [1.29, 1.82) is 0 Å². The zero-order valence-electron chi connectivity index (χ0n) is 11.8. The third-order valence-electron chi connectivity index (χ3n) is 4.21. The Balaban J connectivity index is 2.28. The molecule has 0 amide bonds. The summed E-state index contributed by atoms with van der Waals surface area (Å²) in [6.07, 6.45) is 4.26. The zero-order chi connectivity index (χ0) is 14.5. The largest absolute Gasteiger partial charge is 0.496 e. The van der Waals surface area contributed by atoms with Crippen LogP contribution >= 0.6 is 0 Å². The number of ether oxygens (including phenoxy) is 1. The van der Waals surface area contributed by atoms with Crippen LogP contribution in [0, 0.1) is 5.92 Å². The Morgan fingerprint density at radius 2 is 1.90 bits per heavy atom. The molecule has 0 radical (unpaired) electrons. The van der Waals surface area contributed by atoms with E-state index in [1.807, 2.05) is 0 Å². The van der Waals surface area contributed by atoms with E-state index in [-0.39, 0.29) is 5.92 Å². The predicted octanol–water partition coefficient (Wildman–Crippen LogP) is 2.80. The molecule has 0 aliphatic heterocycles. The summed E-state index contributed by atoms with van der Waals surface area (Å²) in [6.45, 7) is 0. The van der Waals surface area contributed by atoms with Gasteiger partial charge in [-0.3, -0.25) is 4.79 Å². The molecule has 2 unspecified atom stereocenters. The quantitative estimate of drug-likeness (QED) is 0.869. The summed E-state index contributed by atoms with van der Waals surface area (Å²) >= 11 is 0. The molecule has 2 rings (SSSR count). The molecule has 0 heterocycles. The summed E-state index contributed by atoms with van der Waals surface area (Å²) < 4.78 is 5.24. The van der Waals surface area contributed by atoms with Crippen LogP contribution in [0.4, 0.5) is 0 Å².